The number of nitrogen functional groups attached to an aromatic ring is 1. The smallest absolute Gasteiger partial charge is 0.337 e. The molecule has 2 rings (SSSR count). The minimum atomic E-state index is -1.05. The Hall–Kier alpha value is -3.02. The highest BCUT2D eigenvalue weighted by Crippen LogP contribution is 2.25. The molecule has 2 aromatic carbocycles. The third kappa shape index (κ3) is 3.73. The highest BCUT2D eigenvalue weighted by atomic mass is 16.4. The van der Waals surface area contributed by atoms with Crippen LogP contribution < -0.4 is 16.4 Å². The van der Waals surface area contributed by atoms with E-state index in [-0.39, 0.29) is 11.5 Å². The van der Waals surface area contributed by atoms with E-state index in [1.807, 2.05) is 0 Å². The molecule has 0 bridgehead atoms. The Bertz CT molecular complexity index is 698. The number of nitrogens with two attached hydrogens (primary N) is 1. The minimum Gasteiger partial charge on any atom is -0.478 e. The summed E-state index contributed by atoms with van der Waals surface area (Å²) in [5.74, 6) is -1.22. The SMILES string of the molecule is CC(=O)Nc1cccc(Nc2cc(N)ccc2C(=O)O)c1. The molecule has 0 spiro atoms. The van der Waals surface area contributed by atoms with Crippen molar-refractivity contribution in [3.05, 3.63) is 48.0 Å². The van der Waals surface area contributed by atoms with E-state index in [0.29, 0.717) is 22.7 Å². The standard InChI is InChI=1S/C15H15N3O3/c1-9(19)17-11-3-2-4-12(8-11)18-14-7-10(16)5-6-13(14)15(20)21/h2-8,18H,16H2,1H3,(H,17,19)(H,20,21). The molecule has 0 fully saturated rings. The molecule has 0 saturated carbocycles. The molecule has 0 aliphatic rings. The highest BCUT2D eigenvalue weighted by molar-refractivity contribution is 5.96. The topological polar surface area (TPSA) is 104 Å². The maximum Gasteiger partial charge on any atom is 0.337 e. The normalized spacial score (nSPS) is 9.95. The van der Waals surface area contributed by atoms with Crippen molar-refractivity contribution in [2.45, 2.75) is 6.92 Å². The third-order valence-corrected chi connectivity index (χ3v) is 2.74. The molecule has 6 nitrogen and oxygen atoms in total. The summed E-state index contributed by atoms with van der Waals surface area (Å²) in [6.45, 7) is 1.42. The average Bonchev–Trinajstić information content (AvgIpc) is 2.38. The first-order valence-electron chi connectivity index (χ1n) is 6.23. The quantitative estimate of drug-likeness (QED) is 0.646. The summed E-state index contributed by atoms with van der Waals surface area (Å²) in [6, 6.07) is 11.5. The first-order chi connectivity index (χ1) is 9.95. The number of amides is 1. The monoisotopic (exact) mass is 285 g/mol. The number of aromatic carboxylic acids is 1. The second-order valence-corrected chi connectivity index (χ2v) is 4.50. The van der Waals surface area contributed by atoms with Gasteiger partial charge in [0.05, 0.1) is 11.3 Å². The largest absolute Gasteiger partial charge is 0.478 e. The molecule has 0 heterocycles. The molecule has 0 aliphatic carbocycles. The number of anilines is 4. The molecule has 0 radical (unpaired) electrons. The van der Waals surface area contributed by atoms with E-state index in [0.717, 1.165) is 0 Å². The third-order valence-electron chi connectivity index (χ3n) is 2.74. The van der Waals surface area contributed by atoms with Gasteiger partial charge in [-0.15, -0.1) is 0 Å². The van der Waals surface area contributed by atoms with Gasteiger partial charge in [0.2, 0.25) is 5.91 Å². The molecule has 0 atom stereocenters. The van der Waals surface area contributed by atoms with Gasteiger partial charge in [-0.25, -0.2) is 4.79 Å². The molecule has 1 amide bonds. The number of carboxylic acids is 1. The molecule has 6 heteroatoms. The second kappa shape index (κ2) is 5.96. The fraction of sp³-hybridized carbons (Fsp3) is 0.0667. The lowest BCUT2D eigenvalue weighted by atomic mass is 10.1. The zero-order valence-electron chi connectivity index (χ0n) is 11.4. The van der Waals surface area contributed by atoms with Crippen molar-refractivity contribution in [2.24, 2.45) is 0 Å². The summed E-state index contributed by atoms with van der Waals surface area (Å²) in [4.78, 5) is 22.2. The number of carbonyl (C=O) groups excluding carboxylic acids is 1. The summed E-state index contributed by atoms with van der Waals surface area (Å²) in [5, 5.41) is 14.8. The summed E-state index contributed by atoms with van der Waals surface area (Å²) in [6.07, 6.45) is 0. The van der Waals surface area contributed by atoms with Crippen LogP contribution in [0.25, 0.3) is 0 Å². The van der Waals surface area contributed by atoms with Crippen molar-refractivity contribution in [3.8, 4) is 0 Å². The van der Waals surface area contributed by atoms with Crippen molar-refractivity contribution < 1.29 is 14.7 Å². The molecular weight excluding hydrogens is 270 g/mol. The summed E-state index contributed by atoms with van der Waals surface area (Å²) < 4.78 is 0. The maximum absolute atomic E-state index is 11.2. The van der Waals surface area contributed by atoms with Gasteiger partial charge in [-0.1, -0.05) is 6.07 Å². The van der Waals surface area contributed by atoms with E-state index in [9.17, 15) is 14.7 Å². The predicted molar refractivity (Wildman–Crippen MR) is 81.8 cm³/mol. The van der Waals surface area contributed by atoms with Gasteiger partial charge in [0.25, 0.3) is 0 Å². The van der Waals surface area contributed by atoms with Gasteiger partial charge < -0.3 is 21.5 Å². The predicted octanol–water partition coefficient (Wildman–Crippen LogP) is 2.67. The van der Waals surface area contributed by atoms with Crippen LogP contribution in [0.4, 0.5) is 22.7 Å². The number of nitrogens with one attached hydrogen (secondary N) is 2. The Morgan fingerprint density at radius 3 is 2.48 bits per heavy atom. The van der Waals surface area contributed by atoms with E-state index in [1.54, 1.807) is 30.3 Å². The molecule has 0 aliphatic heterocycles. The van der Waals surface area contributed by atoms with Crippen LogP contribution in [0.2, 0.25) is 0 Å². The van der Waals surface area contributed by atoms with Crippen LogP contribution in [0.15, 0.2) is 42.5 Å². The number of benzene rings is 2. The van der Waals surface area contributed by atoms with Crippen molar-refractivity contribution in [3.63, 3.8) is 0 Å². The summed E-state index contributed by atoms with van der Waals surface area (Å²) in [5.41, 5.74) is 7.92. The van der Waals surface area contributed by atoms with Crippen molar-refractivity contribution in [1.29, 1.82) is 0 Å². The number of hydrogen-bond acceptors (Lipinski definition) is 4. The van der Waals surface area contributed by atoms with Gasteiger partial charge >= 0.3 is 5.97 Å². The van der Waals surface area contributed by atoms with Crippen LogP contribution in [-0.4, -0.2) is 17.0 Å². The average molecular weight is 285 g/mol. The first kappa shape index (κ1) is 14.4. The van der Waals surface area contributed by atoms with Gasteiger partial charge in [0.1, 0.15) is 0 Å². The molecule has 0 unspecified atom stereocenters. The van der Waals surface area contributed by atoms with Crippen molar-refractivity contribution >= 4 is 34.6 Å². The summed E-state index contributed by atoms with van der Waals surface area (Å²) >= 11 is 0. The van der Waals surface area contributed by atoms with Crippen molar-refractivity contribution in [1.82, 2.24) is 0 Å². The van der Waals surface area contributed by atoms with E-state index in [2.05, 4.69) is 10.6 Å². The van der Waals surface area contributed by atoms with Crippen LogP contribution in [0, 0.1) is 0 Å². The van der Waals surface area contributed by atoms with E-state index in [1.165, 1.54) is 19.1 Å². The number of rotatable bonds is 4. The number of carbonyl (C=O) groups is 2. The van der Waals surface area contributed by atoms with Gasteiger partial charge in [0.15, 0.2) is 0 Å². The molecule has 21 heavy (non-hydrogen) atoms. The Morgan fingerprint density at radius 2 is 1.81 bits per heavy atom. The Labute approximate surface area is 121 Å². The minimum absolute atomic E-state index is 0.120. The van der Waals surface area contributed by atoms with E-state index >= 15 is 0 Å². The van der Waals surface area contributed by atoms with Gasteiger partial charge in [-0.2, -0.15) is 0 Å². The van der Waals surface area contributed by atoms with Crippen LogP contribution in [0.3, 0.4) is 0 Å². The lowest BCUT2D eigenvalue weighted by molar-refractivity contribution is -0.114. The number of carboxylic acid groups (broad SMARTS) is 1. The molecule has 5 N–H and O–H groups in total. The van der Waals surface area contributed by atoms with Crippen LogP contribution in [0.5, 0.6) is 0 Å². The van der Waals surface area contributed by atoms with E-state index < -0.39 is 5.97 Å². The fourth-order valence-corrected chi connectivity index (χ4v) is 1.89. The summed E-state index contributed by atoms with van der Waals surface area (Å²) in [7, 11) is 0. The van der Waals surface area contributed by atoms with Crippen LogP contribution >= 0.6 is 0 Å². The Morgan fingerprint density at radius 1 is 1.10 bits per heavy atom. The van der Waals surface area contributed by atoms with Crippen LogP contribution in [0.1, 0.15) is 17.3 Å². The van der Waals surface area contributed by atoms with E-state index in [4.69, 9.17) is 5.73 Å². The maximum atomic E-state index is 11.2. The first-order valence-corrected chi connectivity index (χ1v) is 6.23. The lowest BCUT2D eigenvalue weighted by Gasteiger charge is -2.12. The Kier molecular flexibility index (Phi) is 4.08. The van der Waals surface area contributed by atoms with Crippen LogP contribution in [-0.2, 0) is 4.79 Å². The zero-order chi connectivity index (χ0) is 15.4. The molecule has 0 aromatic heterocycles. The van der Waals surface area contributed by atoms with Crippen molar-refractivity contribution in [2.75, 3.05) is 16.4 Å². The fourth-order valence-electron chi connectivity index (χ4n) is 1.89. The Balaban J connectivity index is 2.31. The lowest BCUT2D eigenvalue weighted by Crippen LogP contribution is -2.06. The highest BCUT2D eigenvalue weighted by Gasteiger charge is 2.10. The second-order valence-electron chi connectivity index (χ2n) is 4.50. The molecule has 0 saturated heterocycles. The molecular formula is C15H15N3O3. The molecule has 2 aromatic rings. The number of hydrogen-bond donors (Lipinski definition) is 4. The van der Waals surface area contributed by atoms with Gasteiger partial charge in [-0.3, -0.25) is 4.79 Å². The zero-order valence-corrected chi connectivity index (χ0v) is 11.4. The van der Waals surface area contributed by atoms with Gasteiger partial charge in [0, 0.05) is 24.0 Å². The van der Waals surface area contributed by atoms with Gasteiger partial charge in [-0.05, 0) is 36.4 Å². The molecule has 108 valence electrons.